The van der Waals surface area contributed by atoms with Crippen LogP contribution in [0.3, 0.4) is 0 Å². The molecule has 14 atom stereocenters. The molecule has 0 saturated carbocycles. The molecule has 32 nitrogen and oxygen atoms in total. The van der Waals surface area contributed by atoms with Crippen LogP contribution in [0.25, 0.3) is 0 Å². The van der Waals surface area contributed by atoms with E-state index in [1.807, 2.05) is 0 Å². The molecule has 1 fully saturated rings. The summed E-state index contributed by atoms with van der Waals surface area (Å²) in [5.74, 6) is -20.2. The third kappa shape index (κ3) is 34.0. The fraction of sp³-hybridized carbons (Fsp3) is 0.773. The third-order valence-electron chi connectivity index (χ3n) is 16.0. The maximum atomic E-state index is 15.0. The number of hydrogen-bond acceptors (Lipinski definition) is 18. The minimum Gasteiger partial charge on any atom is -0.481 e. The van der Waals surface area contributed by atoms with Gasteiger partial charge in [-0.25, -0.2) is 4.79 Å². The Kier molecular flexibility index (Phi) is 40.2. The van der Waals surface area contributed by atoms with Gasteiger partial charge in [0.1, 0.15) is 72.6 Å². The van der Waals surface area contributed by atoms with E-state index in [1.165, 1.54) is 6.92 Å². The van der Waals surface area contributed by atoms with E-state index >= 15 is 0 Å². The van der Waals surface area contributed by atoms with Crippen molar-refractivity contribution in [2.45, 2.75) is 285 Å². The van der Waals surface area contributed by atoms with Crippen molar-refractivity contribution in [2.24, 2.45) is 41.2 Å². The van der Waals surface area contributed by atoms with Crippen molar-refractivity contribution in [3.05, 3.63) is 0 Å². The molecule has 1 rings (SSSR count). The predicted molar refractivity (Wildman–Crippen MR) is 358 cm³/mol. The largest absolute Gasteiger partial charge is 0.481 e. The summed E-state index contributed by atoms with van der Waals surface area (Å²) in [4.78, 5) is 209. The first-order chi connectivity index (χ1) is 45.7. The molecule has 558 valence electrons. The molecule has 32 heteroatoms. The van der Waals surface area contributed by atoms with Gasteiger partial charge in [0.25, 0.3) is 0 Å². The molecule has 0 aliphatic carbocycles. The number of unbranched alkanes of at least 4 members (excludes halogenated alkanes) is 4. The number of nitrogens with two attached hydrogens (primary N) is 1. The lowest BCUT2D eigenvalue weighted by Crippen LogP contribution is -2.63. The Morgan fingerprint density at radius 3 is 1.39 bits per heavy atom. The quantitative estimate of drug-likeness (QED) is 0.0300. The number of carbonyl (C=O) groups is 15. The molecule has 1 heterocycles. The van der Waals surface area contributed by atoms with Crippen LogP contribution in [0.15, 0.2) is 0 Å². The number of aliphatic carboxylic acids is 2. The average molecular weight is 1400 g/mol. The van der Waals surface area contributed by atoms with E-state index in [1.54, 1.807) is 76.2 Å². The second kappa shape index (κ2) is 44.8. The lowest BCUT2D eigenvalue weighted by molar-refractivity contribution is -0.158. The molecular formula is C66H114N12O20. The van der Waals surface area contributed by atoms with Crippen molar-refractivity contribution < 1.29 is 97.1 Å². The van der Waals surface area contributed by atoms with E-state index in [4.69, 9.17) is 10.5 Å². The number of hydrogen-bond donors (Lipinski definition) is 16. The van der Waals surface area contributed by atoms with E-state index in [0.29, 0.717) is 12.8 Å². The fourth-order valence-corrected chi connectivity index (χ4v) is 10.7. The number of aliphatic hydroxyl groups excluding tert-OH is 2. The molecule has 0 spiro atoms. The van der Waals surface area contributed by atoms with Gasteiger partial charge < -0.3 is 89.4 Å². The Labute approximate surface area is 575 Å². The van der Waals surface area contributed by atoms with Crippen molar-refractivity contribution >= 4 is 88.8 Å². The molecule has 0 bridgehead atoms. The highest BCUT2D eigenvalue weighted by Crippen LogP contribution is 2.18. The fourth-order valence-electron chi connectivity index (χ4n) is 10.7. The Hall–Kier alpha value is -8.03. The summed E-state index contributed by atoms with van der Waals surface area (Å²) in [5, 5.41) is 68.6. The van der Waals surface area contributed by atoms with Gasteiger partial charge in [0.15, 0.2) is 0 Å². The molecule has 1 aliphatic heterocycles. The van der Waals surface area contributed by atoms with Crippen LogP contribution < -0.4 is 64.2 Å². The van der Waals surface area contributed by atoms with Crippen molar-refractivity contribution in [3.63, 3.8) is 0 Å². The normalized spacial score (nSPS) is 23.8. The number of carboxylic acids is 2. The Morgan fingerprint density at radius 1 is 0.510 bits per heavy atom. The highest BCUT2D eigenvalue weighted by atomic mass is 16.5. The van der Waals surface area contributed by atoms with Crippen LogP contribution in [-0.2, 0) is 76.7 Å². The number of carbonyl (C=O) groups excluding carboxylic acids is 13. The molecule has 1 aliphatic rings. The van der Waals surface area contributed by atoms with Crippen LogP contribution in [0.2, 0.25) is 0 Å². The SMILES string of the molecule is CCCCCCCC(O)CC(=O)NC(CC(C)C)C(=O)NC(CC(=O)O)C(=O)NC1C(=O)NC(CC(C)C)C(=O)NC(CC(C)C)C(=O)NC(CO)C(=O)NC(CC(C)C)C(=O)NC(CCC(N)=O)C(=O)NC(CC(C)C)C(=O)NC(C(C)CC)C(=O)NC(CC(=O)O)C(=O)OC1C. The van der Waals surface area contributed by atoms with Gasteiger partial charge in [-0.2, -0.15) is 0 Å². The van der Waals surface area contributed by atoms with Gasteiger partial charge in [-0.05, 0) is 87.4 Å². The first-order valence-corrected chi connectivity index (χ1v) is 34.3. The maximum absolute atomic E-state index is 15.0. The van der Waals surface area contributed by atoms with Gasteiger partial charge in [0.05, 0.1) is 32.0 Å². The lowest BCUT2D eigenvalue weighted by Gasteiger charge is -2.31. The number of amides is 12. The summed E-state index contributed by atoms with van der Waals surface area (Å²) in [6.07, 6.45) is -2.39. The summed E-state index contributed by atoms with van der Waals surface area (Å²) >= 11 is 0. The van der Waals surface area contributed by atoms with Crippen molar-refractivity contribution in [1.82, 2.24) is 58.5 Å². The topological polar surface area (TPSA) is 505 Å². The van der Waals surface area contributed by atoms with E-state index in [2.05, 4.69) is 65.4 Å². The highest BCUT2D eigenvalue weighted by Gasteiger charge is 2.41. The van der Waals surface area contributed by atoms with Crippen molar-refractivity contribution in [1.29, 1.82) is 0 Å². The van der Waals surface area contributed by atoms with Gasteiger partial charge in [-0.3, -0.25) is 67.1 Å². The number of carboxylic acid groups (broad SMARTS) is 2. The average Bonchev–Trinajstić information content (AvgIpc) is 0.856. The Morgan fingerprint density at radius 2 is 0.949 bits per heavy atom. The van der Waals surface area contributed by atoms with Crippen LogP contribution in [0.1, 0.15) is 206 Å². The molecule has 1 saturated heterocycles. The van der Waals surface area contributed by atoms with Crippen molar-refractivity contribution in [2.75, 3.05) is 6.61 Å². The van der Waals surface area contributed by atoms with Crippen LogP contribution in [0.5, 0.6) is 0 Å². The summed E-state index contributed by atoms with van der Waals surface area (Å²) < 4.78 is 5.69. The Bertz CT molecular complexity index is 2690. The molecule has 14 unspecified atom stereocenters. The monoisotopic (exact) mass is 1390 g/mol. The first-order valence-electron chi connectivity index (χ1n) is 34.3. The second-order valence-corrected chi connectivity index (χ2v) is 27.7. The molecular weight excluding hydrogens is 1280 g/mol. The zero-order valence-corrected chi connectivity index (χ0v) is 59.6. The van der Waals surface area contributed by atoms with Gasteiger partial charge in [-0.1, -0.05) is 129 Å². The molecule has 12 amide bonds. The van der Waals surface area contributed by atoms with Gasteiger partial charge in [-0.15, -0.1) is 0 Å². The van der Waals surface area contributed by atoms with Gasteiger partial charge in [0, 0.05) is 6.42 Å². The Balaban J connectivity index is 4.35. The first kappa shape index (κ1) is 88.0. The zero-order valence-electron chi connectivity index (χ0n) is 59.6. The van der Waals surface area contributed by atoms with E-state index < -0.39 is 212 Å². The maximum Gasteiger partial charge on any atom is 0.329 e. The summed E-state index contributed by atoms with van der Waals surface area (Å²) in [5.41, 5.74) is 5.47. The standard InChI is InChI=1S/C66H114N12O20/c1-15-17-18-19-20-21-40(80)29-51(82)68-42(24-33(3)4)57(88)73-47(30-52(83)84)62(93)78-55-39(14)98-66(97)48(31-53(85)86)75-64(95)54(38(13)16-2)77-61(92)46(28-37(11)12)70-56(87)41(22-23-50(67)81)69-58(89)43(25-34(5)6)72-63(94)49(32-79)76-60(91)44(26-35(7)8)71-59(90)45(27-36(9)10)74-65(55)96/h33-49,54-55,79-80H,15-32H2,1-14H3,(H2,67,81)(H,68,82)(H,69,89)(H,70,87)(H,71,90)(H,72,94)(H,73,88)(H,74,96)(H,75,95)(H,76,91)(H,77,92)(H,78,93)(H,83,84)(H,85,86). The molecule has 0 aromatic heterocycles. The van der Waals surface area contributed by atoms with Crippen LogP contribution in [0, 0.1) is 35.5 Å². The number of rotatable bonds is 33. The molecule has 0 aromatic rings. The smallest absolute Gasteiger partial charge is 0.329 e. The minimum absolute atomic E-state index is 0.0457. The highest BCUT2D eigenvalue weighted by molar-refractivity contribution is 6.00. The predicted octanol–water partition coefficient (Wildman–Crippen LogP) is -0.140. The van der Waals surface area contributed by atoms with E-state index in [0.717, 1.165) is 32.6 Å². The van der Waals surface area contributed by atoms with Crippen molar-refractivity contribution in [3.8, 4) is 0 Å². The van der Waals surface area contributed by atoms with Gasteiger partial charge in [0.2, 0.25) is 70.9 Å². The number of esters is 1. The molecule has 98 heavy (non-hydrogen) atoms. The zero-order chi connectivity index (χ0) is 74.8. The molecule has 0 aromatic carbocycles. The minimum atomic E-state index is -2.21. The molecule has 0 radical (unpaired) electrons. The van der Waals surface area contributed by atoms with Crippen LogP contribution in [-0.4, -0.2) is 194 Å². The number of cyclic esters (lactones) is 1. The van der Waals surface area contributed by atoms with E-state index in [9.17, 15) is 92.3 Å². The van der Waals surface area contributed by atoms with Crippen LogP contribution >= 0.6 is 0 Å². The van der Waals surface area contributed by atoms with Gasteiger partial charge >= 0.3 is 17.9 Å². The lowest BCUT2D eigenvalue weighted by atomic mass is 9.96. The number of aliphatic hydroxyl groups is 2. The molecule has 17 N–H and O–H groups in total. The number of primary amides is 1. The summed E-state index contributed by atoms with van der Waals surface area (Å²) in [6.45, 7) is 22.1. The summed E-state index contributed by atoms with van der Waals surface area (Å²) in [6, 6.07) is -19.0. The summed E-state index contributed by atoms with van der Waals surface area (Å²) in [7, 11) is 0. The van der Waals surface area contributed by atoms with E-state index in [-0.39, 0.29) is 68.6 Å². The second-order valence-electron chi connectivity index (χ2n) is 27.7. The van der Waals surface area contributed by atoms with Crippen LogP contribution in [0.4, 0.5) is 0 Å². The third-order valence-corrected chi connectivity index (χ3v) is 16.0. The number of ether oxygens (including phenoxy) is 1. The number of nitrogens with one attached hydrogen (secondary N) is 11.